The van der Waals surface area contributed by atoms with Crippen LogP contribution in [0.25, 0.3) is 0 Å². The molecule has 1 fully saturated rings. The molecule has 1 aromatic rings. The zero-order chi connectivity index (χ0) is 18.9. The van der Waals surface area contributed by atoms with Gasteiger partial charge in [-0.2, -0.15) is 0 Å². The largest absolute Gasteiger partial charge is 0.493 e. The van der Waals surface area contributed by atoms with Crippen LogP contribution < -0.4 is 9.47 Å². The van der Waals surface area contributed by atoms with E-state index in [1.165, 1.54) is 5.56 Å². The SMILES string of the molecule is CCCN(C)Cc1ccc(OC)c(OCC(O)CN2CCN(C)CC2)c1. The Kier molecular flexibility index (Phi) is 8.65. The van der Waals surface area contributed by atoms with Crippen LogP contribution in [-0.2, 0) is 6.54 Å². The van der Waals surface area contributed by atoms with Crippen molar-refractivity contribution in [2.75, 3.05) is 67.1 Å². The molecule has 148 valence electrons. The Labute approximate surface area is 158 Å². The van der Waals surface area contributed by atoms with Crippen molar-refractivity contribution in [1.29, 1.82) is 0 Å². The fourth-order valence-electron chi connectivity index (χ4n) is 3.27. The molecule has 0 amide bonds. The van der Waals surface area contributed by atoms with E-state index in [-0.39, 0.29) is 6.61 Å². The number of aliphatic hydroxyl groups is 1. The smallest absolute Gasteiger partial charge is 0.161 e. The van der Waals surface area contributed by atoms with Gasteiger partial charge in [0.15, 0.2) is 11.5 Å². The van der Waals surface area contributed by atoms with E-state index in [2.05, 4.69) is 41.8 Å². The molecule has 6 nitrogen and oxygen atoms in total. The summed E-state index contributed by atoms with van der Waals surface area (Å²) < 4.78 is 11.3. The highest BCUT2D eigenvalue weighted by atomic mass is 16.5. The Balaban J connectivity index is 1.88. The highest BCUT2D eigenvalue weighted by molar-refractivity contribution is 5.43. The van der Waals surface area contributed by atoms with Gasteiger partial charge >= 0.3 is 0 Å². The Bertz CT molecular complexity index is 533. The molecule has 0 bridgehead atoms. The van der Waals surface area contributed by atoms with Gasteiger partial charge in [-0.15, -0.1) is 0 Å². The lowest BCUT2D eigenvalue weighted by molar-refractivity contribution is 0.0497. The molecule has 0 saturated carbocycles. The van der Waals surface area contributed by atoms with Crippen molar-refractivity contribution in [1.82, 2.24) is 14.7 Å². The first-order valence-corrected chi connectivity index (χ1v) is 9.59. The van der Waals surface area contributed by atoms with Crippen LogP contribution >= 0.6 is 0 Å². The van der Waals surface area contributed by atoms with E-state index >= 15 is 0 Å². The summed E-state index contributed by atoms with van der Waals surface area (Å²) in [4.78, 5) is 6.89. The van der Waals surface area contributed by atoms with Crippen molar-refractivity contribution < 1.29 is 14.6 Å². The van der Waals surface area contributed by atoms with E-state index in [0.29, 0.717) is 18.0 Å². The molecule has 1 aliphatic heterocycles. The van der Waals surface area contributed by atoms with Gasteiger partial charge in [-0.05, 0) is 44.8 Å². The minimum Gasteiger partial charge on any atom is -0.493 e. The summed E-state index contributed by atoms with van der Waals surface area (Å²) in [5.74, 6) is 1.41. The molecule has 0 aromatic heterocycles. The predicted octanol–water partition coefficient (Wildman–Crippen LogP) is 1.52. The average molecular weight is 366 g/mol. The molecule has 1 saturated heterocycles. The standard InChI is InChI=1S/C20H35N3O3/c1-5-8-22(3)14-17-6-7-19(25-4)20(13-17)26-16-18(24)15-23-11-9-21(2)10-12-23/h6-7,13,18,24H,5,8-12,14-16H2,1-4H3. The van der Waals surface area contributed by atoms with Crippen LogP contribution in [0.4, 0.5) is 0 Å². The van der Waals surface area contributed by atoms with Crippen molar-refractivity contribution in [2.24, 2.45) is 0 Å². The lowest BCUT2D eigenvalue weighted by Gasteiger charge is -2.33. The van der Waals surface area contributed by atoms with Crippen LogP contribution in [0.1, 0.15) is 18.9 Å². The maximum absolute atomic E-state index is 10.3. The van der Waals surface area contributed by atoms with Gasteiger partial charge in [0.2, 0.25) is 0 Å². The second-order valence-electron chi connectivity index (χ2n) is 7.29. The van der Waals surface area contributed by atoms with Crippen LogP contribution in [0.5, 0.6) is 11.5 Å². The number of benzene rings is 1. The maximum Gasteiger partial charge on any atom is 0.161 e. The van der Waals surface area contributed by atoms with E-state index in [1.807, 2.05) is 12.1 Å². The zero-order valence-corrected chi connectivity index (χ0v) is 16.8. The molecule has 1 aliphatic rings. The molecule has 1 N–H and O–H groups in total. The summed E-state index contributed by atoms with van der Waals surface area (Å²) in [5, 5.41) is 10.3. The van der Waals surface area contributed by atoms with Crippen LogP contribution in [0.3, 0.4) is 0 Å². The van der Waals surface area contributed by atoms with Gasteiger partial charge in [-0.1, -0.05) is 13.0 Å². The number of methoxy groups -OCH3 is 1. The fraction of sp³-hybridized carbons (Fsp3) is 0.700. The first kappa shape index (κ1) is 21.0. The number of likely N-dealkylation sites (N-methyl/N-ethyl adjacent to an activating group) is 1. The van der Waals surface area contributed by atoms with Gasteiger partial charge in [0, 0.05) is 39.3 Å². The molecule has 1 atom stereocenters. The van der Waals surface area contributed by atoms with Crippen molar-refractivity contribution in [2.45, 2.75) is 26.0 Å². The molecule has 2 rings (SSSR count). The molecule has 0 aliphatic carbocycles. The Morgan fingerprint density at radius 1 is 1.19 bits per heavy atom. The first-order chi connectivity index (χ1) is 12.5. The number of hydrogen-bond donors (Lipinski definition) is 1. The molecule has 6 heteroatoms. The topological polar surface area (TPSA) is 48.4 Å². The quantitative estimate of drug-likeness (QED) is 0.679. The minimum absolute atomic E-state index is 0.275. The first-order valence-electron chi connectivity index (χ1n) is 9.59. The van der Waals surface area contributed by atoms with Gasteiger partial charge in [0.25, 0.3) is 0 Å². The summed E-state index contributed by atoms with van der Waals surface area (Å²) in [6.45, 7) is 9.13. The van der Waals surface area contributed by atoms with E-state index in [1.54, 1.807) is 7.11 Å². The van der Waals surface area contributed by atoms with E-state index in [4.69, 9.17) is 9.47 Å². The number of ether oxygens (including phenoxy) is 2. The lowest BCUT2D eigenvalue weighted by atomic mass is 10.2. The van der Waals surface area contributed by atoms with E-state index in [9.17, 15) is 5.11 Å². The summed E-state index contributed by atoms with van der Waals surface area (Å²) >= 11 is 0. The highest BCUT2D eigenvalue weighted by Gasteiger charge is 2.18. The van der Waals surface area contributed by atoms with Gasteiger partial charge in [-0.3, -0.25) is 4.90 Å². The minimum atomic E-state index is -0.505. The fourth-order valence-corrected chi connectivity index (χ4v) is 3.27. The van der Waals surface area contributed by atoms with Crippen molar-refractivity contribution in [3.05, 3.63) is 23.8 Å². The summed E-state index contributed by atoms with van der Waals surface area (Å²) in [6.07, 6.45) is 0.628. The normalized spacial score (nSPS) is 17.5. The van der Waals surface area contributed by atoms with Gasteiger partial charge in [-0.25, -0.2) is 0 Å². The third-order valence-corrected chi connectivity index (χ3v) is 4.78. The molecule has 1 unspecified atom stereocenters. The summed E-state index contributed by atoms with van der Waals surface area (Å²) in [7, 11) is 5.90. The van der Waals surface area contributed by atoms with Crippen LogP contribution in [-0.4, -0.2) is 93.0 Å². The van der Waals surface area contributed by atoms with Crippen LogP contribution in [0.2, 0.25) is 0 Å². The molecular weight excluding hydrogens is 330 g/mol. The van der Waals surface area contributed by atoms with Crippen molar-refractivity contribution >= 4 is 0 Å². The van der Waals surface area contributed by atoms with Crippen LogP contribution in [0, 0.1) is 0 Å². The lowest BCUT2D eigenvalue weighted by Crippen LogP contribution is -2.47. The zero-order valence-electron chi connectivity index (χ0n) is 16.8. The number of rotatable bonds is 10. The molecular formula is C20H35N3O3. The highest BCUT2D eigenvalue weighted by Crippen LogP contribution is 2.28. The van der Waals surface area contributed by atoms with Gasteiger partial charge in [0.1, 0.15) is 12.7 Å². The second-order valence-corrected chi connectivity index (χ2v) is 7.29. The molecule has 1 aromatic carbocycles. The average Bonchev–Trinajstić information content (AvgIpc) is 2.62. The molecule has 26 heavy (non-hydrogen) atoms. The predicted molar refractivity (Wildman–Crippen MR) is 105 cm³/mol. The number of β-amino-alcohol motifs (C(OH)–C–C–N with tert-alkyl or cyclic N) is 1. The number of hydrogen-bond acceptors (Lipinski definition) is 6. The summed E-state index contributed by atoms with van der Waals surface area (Å²) in [5.41, 5.74) is 1.19. The molecule has 0 spiro atoms. The second kappa shape index (κ2) is 10.7. The third kappa shape index (κ3) is 6.76. The van der Waals surface area contributed by atoms with E-state index in [0.717, 1.165) is 45.7 Å². The number of aliphatic hydroxyl groups excluding tert-OH is 1. The van der Waals surface area contributed by atoms with Crippen molar-refractivity contribution in [3.8, 4) is 11.5 Å². The number of piperazine rings is 1. The third-order valence-electron chi connectivity index (χ3n) is 4.78. The Morgan fingerprint density at radius 2 is 1.92 bits per heavy atom. The Hall–Kier alpha value is -1.34. The van der Waals surface area contributed by atoms with Crippen LogP contribution in [0.15, 0.2) is 18.2 Å². The van der Waals surface area contributed by atoms with E-state index < -0.39 is 6.10 Å². The van der Waals surface area contributed by atoms with Gasteiger partial charge in [0.05, 0.1) is 7.11 Å². The monoisotopic (exact) mass is 365 g/mol. The Morgan fingerprint density at radius 3 is 2.58 bits per heavy atom. The van der Waals surface area contributed by atoms with Gasteiger partial charge < -0.3 is 24.4 Å². The summed E-state index contributed by atoms with van der Waals surface area (Å²) in [6, 6.07) is 6.03. The maximum atomic E-state index is 10.3. The molecule has 1 heterocycles. The van der Waals surface area contributed by atoms with Crippen molar-refractivity contribution in [3.63, 3.8) is 0 Å². The number of nitrogens with zero attached hydrogens (tertiary/aromatic N) is 3. The molecule has 0 radical (unpaired) electrons.